The van der Waals surface area contributed by atoms with E-state index >= 15 is 0 Å². The van der Waals surface area contributed by atoms with Crippen LogP contribution in [0.25, 0.3) is 0 Å². The second-order valence-electron chi connectivity index (χ2n) is 9.81. The van der Waals surface area contributed by atoms with Crippen molar-refractivity contribution in [3.05, 3.63) is 71.8 Å². The van der Waals surface area contributed by atoms with Crippen molar-refractivity contribution in [2.45, 2.75) is 51.1 Å². The van der Waals surface area contributed by atoms with Crippen molar-refractivity contribution >= 4 is 11.7 Å². The number of carbonyl (C=O) groups excluding carboxylic acids is 1. The molecule has 4 aliphatic rings. The molecule has 0 radical (unpaired) electrons. The van der Waals surface area contributed by atoms with E-state index in [1.165, 1.54) is 17.2 Å². The molecule has 0 aromatic carbocycles. The highest BCUT2D eigenvalue weighted by Gasteiger charge is 2.30. The van der Waals surface area contributed by atoms with Crippen LogP contribution >= 0.6 is 0 Å². The van der Waals surface area contributed by atoms with E-state index in [9.17, 15) is 9.18 Å². The molecule has 6 nitrogen and oxygen atoms in total. The number of nitrogens with one attached hydrogen (secondary N) is 1. The normalized spacial score (nSPS) is 24.0. The van der Waals surface area contributed by atoms with Gasteiger partial charge in [-0.2, -0.15) is 0 Å². The Morgan fingerprint density at radius 1 is 1.34 bits per heavy atom. The lowest BCUT2D eigenvalue weighted by Crippen LogP contribution is -2.49. The van der Waals surface area contributed by atoms with Gasteiger partial charge in [-0.05, 0) is 56.8 Å². The molecule has 7 heteroatoms. The highest BCUT2D eigenvalue weighted by atomic mass is 19.1. The third-order valence-corrected chi connectivity index (χ3v) is 7.10. The number of hydrogen-bond donors (Lipinski definition) is 1. The zero-order valence-corrected chi connectivity index (χ0v) is 20.8. The Hall–Kier alpha value is -2.77. The number of allylic oxidation sites excluding steroid dienone is 5. The van der Waals surface area contributed by atoms with Crippen LogP contribution in [0.1, 0.15) is 39.0 Å². The van der Waals surface area contributed by atoms with Gasteiger partial charge in [-0.1, -0.05) is 42.5 Å². The number of aliphatic imine (C=N–C) groups is 1. The molecule has 1 N–H and O–H groups in total. The Bertz CT molecular complexity index is 1000. The zero-order chi connectivity index (χ0) is 24.8. The van der Waals surface area contributed by atoms with E-state index < -0.39 is 0 Å². The summed E-state index contributed by atoms with van der Waals surface area (Å²) in [4.78, 5) is 20.8. The van der Waals surface area contributed by atoms with Gasteiger partial charge < -0.3 is 15.0 Å². The lowest BCUT2D eigenvalue weighted by atomic mass is 10.1. The number of piperidine rings is 1. The van der Waals surface area contributed by atoms with Crippen LogP contribution < -0.4 is 5.32 Å². The fraction of sp³-hybridized carbons (Fsp3) is 0.500. The molecule has 35 heavy (non-hydrogen) atoms. The summed E-state index contributed by atoms with van der Waals surface area (Å²) >= 11 is 0. The van der Waals surface area contributed by atoms with Crippen molar-refractivity contribution in [1.29, 1.82) is 0 Å². The number of halogens is 1. The second kappa shape index (κ2) is 11.8. The van der Waals surface area contributed by atoms with E-state index in [4.69, 9.17) is 4.74 Å². The summed E-state index contributed by atoms with van der Waals surface area (Å²) in [5, 5.41) is 3.25. The maximum absolute atomic E-state index is 14.7. The lowest BCUT2D eigenvalue weighted by Gasteiger charge is -2.34. The second-order valence-corrected chi connectivity index (χ2v) is 9.81. The fourth-order valence-corrected chi connectivity index (χ4v) is 4.81. The SMILES string of the molecule is C=CC(=O)N1CCC[C@@H](NC2=NC(CCC(=C)/C=C\C3=C(C)CN(C4COC4)C3)=CCC=C2F)C1. The molecule has 0 aliphatic carbocycles. The fourth-order valence-electron chi connectivity index (χ4n) is 4.81. The Kier molecular flexibility index (Phi) is 8.52. The summed E-state index contributed by atoms with van der Waals surface area (Å²) in [6, 6.07) is 0.520. The first-order valence-electron chi connectivity index (χ1n) is 12.6. The molecule has 1 amide bonds. The largest absolute Gasteiger partial charge is 0.378 e. The number of carbonyl (C=O) groups is 1. The van der Waals surface area contributed by atoms with Crippen molar-refractivity contribution in [3.63, 3.8) is 0 Å². The molecule has 2 saturated heterocycles. The highest BCUT2D eigenvalue weighted by Crippen LogP contribution is 2.25. The summed E-state index contributed by atoms with van der Waals surface area (Å²) in [7, 11) is 0. The van der Waals surface area contributed by atoms with Gasteiger partial charge in [0.1, 0.15) is 0 Å². The standard InChI is InChI=1S/C28H37FN4O2/c1-4-27(34)32-14-6-8-24(17-32)31-28-26(29)9-5-7-23(30-28)13-11-20(2)10-12-22-16-33(15-21(22)3)25-18-35-19-25/h4,7,9-10,12,24-25H,1-2,5-6,8,11,13-19H2,3H3,(H,30,31)/b12-10-/t24-/m1/s1. The van der Waals surface area contributed by atoms with Gasteiger partial charge in [0.2, 0.25) is 5.91 Å². The molecule has 188 valence electrons. The van der Waals surface area contributed by atoms with E-state index in [0.717, 1.165) is 56.8 Å². The molecular weight excluding hydrogens is 443 g/mol. The van der Waals surface area contributed by atoms with Crippen LogP contribution in [-0.4, -0.2) is 73.0 Å². The Balaban J connectivity index is 1.30. The summed E-state index contributed by atoms with van der Waals surface area (Å²) in [5.41, 5.74) is 4.66. The first-order valence-corrected chi connectivity index (χ1v) is 12.6. The van der Waals surface area contributed by atoms with Crippen molar-refractivity contribution in [2.24, 2.45) is 4.99 Å². The number of ether oxygens (including phenoxy) is 1. The molecule has 0 aromatic heterocycles. The number of likely N-dealkylation sites (tertiary alicyclic amines) is 1. The minimum Gasteiger partial charge on any atom is -0.378 e. The number of hydrogen-bond acceptors (Lipinski definition) is 5. The van der Waals surface area contributed by atoms with Crippen LogP contribution in [0, 0.1) is 0 Å². The van der Waals surface area contributed by atoms with E-state index in [-0.39, 0.29) is 23.6 Å². The number of rotatable bonds is 8. The summed E-state index contributed by atoms with van der Waals surface area (Å²) in [6.45, 7) is 14.9. The van der Waals surface area contributed by atoms with Gasteiger partial charge in [0, 0.05) is 37.9 Å². The minimum atomic E-state index is -0.341. The summed E-state index contributed by atoms with van der Waals surface area (Å²) in [6.07, 6.45) is 12.9. The molecule has 2 fully saturated rings. The molecule has 0 unspecified atom stereocenters. The molecule has 4 rings (SSSR count). The van der Waals surface area contributed by atoms with Gasteiger partial charge in [0.05, 0.1) is 19.3 Å². The van der Waals surface area contributed by atoms with E-state index in [1.54, 1.807) is 11.0 Å². The molecule has 4 aliphatic heterocycles. The Morgan fingerprint density at radius 2 is 2.17 bits per heavy atom. The van der Waals surface area contributed by atoms with Crippen LogP contribution in [0.2, 0.25) is 0 Å². The van der Waals surface area contributed by atoms with Gasteiger partial charge in [0.25, 0.3) is 0 Å². The number of amides is 1. The minimum absolute atomic E-state index is 0.0308. The number of nitrogens with zero attached hydrogens (tertiary/aromatic N) is 3. The summed E-state index contributed by atoms with van der Waals surface area (Å²) < 4.78 is 20.0. The van der Waals surface area contributed by atoms with Crippen LogP contribution in [0.15, 0.2) is 76.8 Å². The van der Waals surface area contributed by atoms with E-state index in [2.05, 4.69) is 47.4 Å². The lowest BCUT2D eigenvalue weighted by molar-refractivity contribution is -0.127. The maximum atomic E-state index is 14.7. The van der Waals surface area contributed by atoms with Gasteiger partial charge in [-0.25, -0.2) is 9.38 Å². The quantitative estimate of drug-likeness (QED) is 0.418. The molecule has 0 spiro atoms. The van der Waals surface area contributed by atoms with Gasteiger partial charge in [-0.3, -0.25) is 9.69 Å². The van der Waals surface area contributed by atoms with Crippen LogP contribution in [0.5, 0.6) is 0 Å². The van der Waals surface area contributed by atoms with E-state index in [1.807, 2.05) is 6.08 Å². The number of amidine groups is 1. The van der Waals surface area contributed by atoms with Crippen molar-refractivity contribution in [1.82, 2.24) is 15.1 Å². The predicted molar refractivity (Wildman–Crippen MR) is 139 cm³/mol. The zero-order valence-electron chi connectivity index (χ0n) is 20.8. The smallest absolute Gasteiger partial charge is 0.246 e. The van der Waals surface area contributed by atoms with Crippen LogP contribution in [0.3, 0.4) is 0 Å². The van der Waals surface area contributed by atoms with Crippen LogP contribution in [-0.2, 0) is 9.53 Å². The Morgan fingerprint density at radius 3 is 2.91 bits per heavy atom. The van der Waals surface area contributed by atoms with Gasteiger partial charge in [-0.15, -0.1) is 0 Å². The topological polar surface area (TPSA) is 57.2 Å². The van der Waals surface area contributed by atoms with E-state index in [0.29, 0.717) is 32.0 Å². The third-order valence-electron chi connectivity index (χ3n) is 7.10. The monoisotopic (exact) mass is 480 g/mol. The average molecular weight is 481 g/mol. The molecular formula is C28H37FN4O2. The maximum Gasteiger partial charge on any atom is 0.246 e. The van der Waals surface area contributed by atoms with Gasteiger partial charge in [0.15, 0.2) is 11.7 Å². The van der Waals surface area contributed by atoms with Crippen LogP contribution in [0.4, 0.5) is 4.39 Å². The van der Waals surface area contributed by atoms with Crippen molar-refractivity contribution in [2.75, 3.05) is 39.4 Å². The first-order chi connectivity index (χ1) is 16.9. The van der Waals surface area contributed by atoms with Crippen molar-refractivity contribution < 1.29 is 13.9 Å². The third kappa shape index (κ3) is 6.67. The molecule has 0 saturated carbocycles. The molecule has 0 bridgehead atoms. The first kappa shape index (κ1) is 25.3. The van der Waals surface area contributed by atoms with Gasteiger partial charge >= 0.3 is 0 Å². The highest BCUT2D eigenvalue weighted by molar-refractivity contribution is 5.97. The predicted octanol–water partition coefficient (Wildman–Crippen LogP) is 4.22. The summed E-state index contributed by atoms with van der Waals surface area (Å²) in [5.74, 6) is -0.164. The molecule has 1 atom stereocenters. The van der Waals surface area contributed by atoms with Crippen molar-refractivity contribution in [3.8, 4) is 0 Å². The Labute approximate surface area is 208 Å². The molecule has 0 aromatic rings. The average Bonchev–Trinajstić information content (AvgIpc) is 3.08. The molecule has 4 heterocycles.